The Balaban J connectivity index is 1.86. The van der Waals surface area contributed by atoms with Crippen molar-refractivity contribution >= 4 is 17.8 Å². The number of hydrogen-bond donors (Lipinski definition) is 2. The molecular formula is C27H38N2O5. The maximum Gasteiger partial charge on any atom is 0.309 e. The van der Waals surface area contributed by atoms with E-state index >= 15 is 0 Å². The SMILES string of the molecule is C=CC[C@@H](CC(=O)N1CCC[C@H]1CO)C(=O)NC[C@H](C)OC(=O)[C@@H](CC=C)Cc1ccccc1. The van der Waals surface area contributed by atoms with Gasteiger partial charge < -0.3 is 20.1 Å². The minimum atomic E-state index is -0.556. The molecule has 0 bridgehead atoms. The minimum Gasteiger partial charge on any atom is -0.461 e. The second kappa shape index (κ2) is 14.4. The number of aliphatic hydroxyl groups excluding tert-OH is 1. The molecule has 4 atom stereocenters. The molecule has 1 fully saturated rings. The summed E-state index contributed by atoms with van der Waals surface area (Å²) in [7, 11) is 0. The summed E-state index contributed by atoms with van der Waals surface area (Å²) in [4.78, 5) is 39.8. The number of carbonyl (C=O) groups is 3. The van der Waals surface area contributed by atoms with Crippen LogP contribution < -0.4 is 5.32 Å². The third kappa shape index (κ3) is 8.45. The predicted octanol–water partition coefficient (Wildman–Crippen LogP) is 3.04. The van der Waals surface area contributed by atoms with Crippen molar-refractivity contribution in [2.75, 3.05) is 19.7 Å². The van der Waals surface area contributed by atoms with E-state index in [1.807, 2.05) is 30.3 Å². The van der Waals surface area contributed by atoms with E-state index in [1.54, 1.807) is 24.0 Å². The van der Waals surface area contributed by atoms with Crippen molar-refractivity contribution in [1.29, 1.82) is 0 Å². The highest BCUT2D eigenvalue weighted by Crippen LogP contribution is 2.21. The molecule has 0 aliphatic carbocycles. The molecule has 1 heterocycles. The second-order valence-electron chi connectivity index (χ2n) is 8.89. The van der Waals surface area contributed by atoms with Crippen LogP contribution >= 0.6 is 0 Å². The van der Waals surface area contributed by atoms with Gasteiger partial charge in [-0.15, -0.1) is 13.2 Å². The lowest BCUT2D eigenvalue weighted by Gasteiger charge is -2.25. The highest BCUT2D eigenvalue weighted by Gasteiger charge is 2.31. The molecule has 0 saturated carbocycles. The number of likely N-dealkylation sites (tertiary alicyclic amines) is 1. The fraction of sp³-hybridized carbons (Fsp3) is 0.519. The Hall–Kier alpha value is -2.93. The number of hydrogen-bond acceptors (Lipinski definition) is 5. The van der Waals surface area contributed by atoms with Crippen LogP contribution in [0.5, 0.6) is 0 Å². The molecule has 34 heavy (non-hydrogen) atoms. The molecule has 7 nitrogen and oxygen atoms in total. The average molecular weight is 471 g/mol. The van der Waals surface area contributed by atoms with Gasteiger partial charge in [0.1, 0.15) is 6.10 Å². The van der Waals surface area contributed by atoms with Gasteiger partial charge in [0.25, 0.3) is 0 Å². The highest BCUT2D eigenvalue weighted by molar-refractivity contribution is 5.86. The van der Waals surface area contributed by atoms with Crippen LogP contribution in [-0.2, 0) is 25.5 Å². The largest absolute Gasteiger partial charge is 0.461 e. The van der Waals surface area contributed by atoms with Crippen LogP contribution in [0.1, 0.15) is 44.6 Å². The number of benzene rings is 1. The molecule has 0 unspecified atom stereocenters. The highest BCUT2D eigenvalue weighted by atomic mass is 16.5. The Kier molecular flexibility index (Phi) is 11.5. The fourth-order valence-corrected chi connectivity index (χ4v) is 4.25. The van der Waals surface area contributed by atoms with Crippen molar-refractivity contribution in [3.63, 3.8) is 0 Å². The first kappa shape index (κ1) is 27.3. The summed E-state index contributed by atoms with van der Waals surface area (Å²) in [6.45, 7) is 9.87. The molecular weight excluding hydrogens is 432 g/mol. The Morgan fingerprint density at radius 2 is 1.85 bits per heavy atom. The van der Waals surface area contributed by atoms with Gasteiger partial charge in [-0.3, -0.25) is 14.4 Å². The van der Waals surface area contributed by atoms with E-state index in [0.29, 0.717) is 25.8 Å². The van der Waals surface area contributed by atoms with E-state index in [1.165, 1.54) is 0 Å². The predicted molar refractivity (Wildman–Crippen MR) is 132 cm³/mol. The first-order valence-corrected chi connectivity index (χ1v) is 12.0. The lowest BCUT2D eigenvalue weighted by molar-refractivity contribution is -0.153. The number of ether oxygens (including phenoxy) is 1. The molecule has 7 heteroatoms. The zero-order chi connectivity index (χ0) is 24.9. The van der Waals surface area contributed by atoms with Gasteiger partial charge >= 0.3 is 5.97 Å². The van der Waals surface area contributed by atoms with Crippen molar-refractivity contribution in [2.45, 2.75) is 57.6 Å². The molecule has 1 aliphatic heterocycles. The number of rotatable bonds is 14. The maximum absolute atomic E-state index is 12.8. The summed E-state index contributed by atoms with van der Waals surface area (Å²) in [5.41, 5.74) is 1.05. The second-order valence-corrected chi connectivity index (χ2v) is 8.89. The number of esters is 1. The maximum atomic E-state index is 12.8. The monoisotopic (exact) mass is 470 g/mol. The fourth-order valence-electron chi connectivity index (χ4n) is 4.25. The Bertz CT molecular complexity index is 826. The summed E-state index contributed by atoms with van der Waals surface area (Å²) in [5.74, 6) is -1.63. The van der Waals surface area contributed by atoms with E-state index in [4.69, 9.17) is 4.74 Å². The van der Waals surface area contributed by atoms with Gasteiger partial charge in [0.15, 0.2) is 0 Å². The topological polar surface area (TPSA) is 95.9 Å². The van der Waals surface area contributed by atoms with Crippen LogP contribution in [0.2, 0.25) is 0 Å². The summed E-state index contributed by atoms with van der Waals surface area (Å²) in [5, 5.41) is 12.3. The number of nitrogens with zero attached hydrogens (tertiary/aromatic N) is 1. The third-order valence-electron chi connectivity index (χ3n) is 6.14. The van der Waals surface area contributed by atoms with Gasteiger partial charge in [0.05, 0.1) is 31.0 Å². The molecule has 1 saturated heterocycles. The first-order chi connectivity index (χ1) is 16.4. The molecule has 0 radical (unpaired) electrons. The lowest BCUT2D eigenvalue weighted by Crippen LogP contribution is -2.42. The minimum absolute atomic E-state index is 0.0566. The number of nitrogens with one attached hydrogen (secondary N) is 1. The van der Waals surface area contributed by atoms with Gasteiger partial charge in [-0.25, -0.2) is 0 Å². The van der Waals surface area contributed by atoms with Gasteiger partial charge in [-0.2, -0.15) is 0 Å². The van der Waals surface area contributed by atoms with Crippen LogP contribution in [0, 0.1) is 11.8 Å². The molecule has 2 rings (SSSR count). The molecule has 1 aromatic carbocycles. The third-order valence-corrected chi connectivity index (χ3v) is 6.14. The van der Waals surface area contributed by atoms with Crippen molar-refractivity contribution in [3.05, 3.63) is 61.2 Å². The Morgan fingerprint density at radius 3 is 2.50 bits per heavy atom. The smallest absolute Gasteiger partial charge is 0.309 e. The molecule has 1 aromatic rings. The van der Waals surface area contributed by atoms with Crippen molar-refractivity contribution in [1.82, 2.24) is 10.2 Å². The number of allylic oxidation sites excluding steroid dienone is 2. The van der Waals surface area contributed by atoms with Gasteiger partial charge in [0, 0.05) is 13.0 Å². The molecule has 0 aromatic heterocycles. The van der Waals surface area contributed by atoms with E-state index in [2.05, 4.69) is 18.5 Å². The standard InChI is InChI=1S/C27H38N2O5/c1-4-10-22(17-25(31)29-15-9-14-24(29)19-30)26(32)28-18-20(3)34-27(33)23(11-5-2)16-21-12-7-6-8-13-21/h4-8,12-13,20,22-24,30H,1-2,9-11,14-19H2,3H3,(H,28,32)/t20-,22-,23-,24-/m0/s1. The molecule has 2 amide bonds. The van der Waals surface area contributed by atoms with Crippen molar-refractivity contribution in [2.24, 2.45) is 11.8 Å². The van der Waals surface area contributed by atoms with Crippen LogP contribution in [0.3, 0.4) is 0 Å². The van der Waals surface area contributed by atoms with Crippen LogP contribution in [-0.4, -0.2) is 59.6 Å². The van der Waals surface area contributed by atoms with E-state index in [9.17, 15) is 19.5 Å². The number of amides is 2. The average Bonchev–Trinajstić information content (AvgIpc) is 3.32. The van der Waals surface area contributed by atoms with Crippen LogP contribution in [0.25, 0.3) is 0 Å². The van der Waals surface area contributed by atoms with Crippen LogP contribution in [0.4, 0.5) is 0 Å². The molecule has 0 spiro atoms. The summed E-state index contributed by atoms with van der Waals surface area (Å²) >= 11 is 0. The van der Waals surface area contributed by atoms with Gasteiger partial charge in [-0.1, -0.05) is 42.5 Å². The van der Waals surface area contributed by atoms with Gasteiger partial charge in [-0.05, 0) is 44.6 Å². The summed E-state index contributed by atoms with van der Waals surface area (Å²) in [6, 6.07) is 9.57. The molecule has 1 aliphatic rings. The van der Waals surface area contributed by atoms with Gasteiger partial charge in [0.2, 0.25) is 11.8 Å². The quantitative estimate of drug-likeness (QED) is 0.322. The van der Waals surface area contributed by atoms with Crippen molar-refractivity contribution < 1.29 is 24.2 Å². The number of aliphatic hydroxyl groups is 1. The Labute approximate surface area is 202 Å². The Morgan fingerprint density at radius 1 is 1.18 bits per heavy atom. The van der Waals surface area contributed by atoms with Crippen molar-refractivity contribution in [3.8, 4) is 0 Å². The molecule has 186 valence electrons. The molecule has 2 N–H and O–H groups in total. The zero-order valence-electron chi connectivity index (χ0n) is 20.2. The first-order valence-electron chi connectivity index (χ1n) is 12.0. The van der Waals surface area contributed by atoms with Crippen LogP contribution in [0.15, 0.2) is 55.6 Å². The summed E-state index contributed by atoms with van der Waals surface area (Å²) in [6.07, 6.45) is 5.93. The van der Waals surface area contributed by atoms with E-state index in [-0.39, 0.29) is 49.3 Å². The zero-order valence-corrected chi connectivity index (χ0v) is 20.2. The lowest BCUT2D eigenvalue weighted by atomic mass is 9.96. The number of carbonyl (C=O) groups excluding carboxylic acids is 3. The normalized spacial score (nSPS) is 17.9. The van der Waals surface area contributed by atoms with E-state index in [0.717, 1.165) is 18.4 Å². The van der Waals surface area contributed by atoms with E-state index < -0.39 is 12.0 Å². The summed E-state index contributed by atoms with van der Waals surface area (Å²) < 4.78 is 5.59.